The second-order valence-corrected chi connectivity index (χ2v) is 5.73. The van der Waals surface area contributed by atoms with Gasteiger partial charge in [-0.1, -0.05) is 36.4 Å². The fourth-order valence-electron chi connectivity index (χ4n) is 2.37. The van der Waals surface area contributed by atoms with Crippen LogP contribution < -0.4 is 5.32 Å². The van der Waals surface area contributed by atoms with Crippen molar-refractivity contribution in [3.63, 3.8) is 0 Å². The number of nitrogens with one attached hydrogen (secondary N) is 1. The van der Waals surface area contributed by atoms with Gasteiger partial charge in [-0.25, -0.2) is 0 Å². The molecule has 0 aliphatic heterocycles. The molecule has 4 heteroatoms. The Balaban J connectivity index is 2.03. The lowest BCUT2D eigenvalue weighted by molar-refractivity contribution is -0.125. The van der Waals surface area contributed by atoms with Crippen LogP contribution in [0.3, 0.4) is 0 Å². The molecule has 1 aromatic heterocycles. The van der Waals surface area contributed by atoms with E-state index in [1.54, 1.807) is 13.3 Å². The Morgan fingerprint density at radius 2 is 1.86 bits per heavy atom. The molecule has 0 aliphatic rings. The van der Waals surface area contributed by atoms with E-state index >= 15 is 0 Å². The molecule has 1 aromatic carbocycles. The first-order chi connectivity index (χ1) is 10.5. The standard InChI is InChI=1S/C18H22N2O2/c1-18(2,16-11-7-8-12-19-16)20-17(21)13-15(22-3)14-9-5-4-6-10-14/h4-12,15H,13H2,1-3H3,(H,20,21). The largest absolute Gasteiger partial charge is 0.376 e. The van der Waals surface area contributed by atoms with Crippen LogP contribution in [0.2, 0.25) is 0 Å². The van der Waals surface area contributed by atoms with E-state index in [4.69, 9.17) is 4.74 Å². The number of benzene rings is 1. The zero-order valence-corrected chi connectivity index (χ0v) is 13.2. The van der Waals surface area contributed by atoms with Crippen molar-refractivity contribution in [2.45, 2.75) is 31.9 Å². The lowest BCUT2D eigenvalue weighted by Crippen LogP contribution is -2.42. The van der Waals surface area contributed by atoms with Crippen LogP contribution >= 0.6 is 0 Å². The molecule has 0 bridgehead atoms. The Hall–Kier alpha value is -2.20. The highest BCUT2D eigenvalue weighted by Crippen LogP contribution is 2.22. The number of carbonyl (C=O) groups excluding carboxylic acids is 1. The van der Waals surface area contributed by atoms with Gasteiger partial charge in [0.1, 0.15) is 0 Å². The molecule has 1 N–H and O–H groups in total. The molecule has 22 heavy (non-hydrogen) atoms. The van der Waals surface area contributed by atoms with Crippen LogP contribution in [0.1, 0.15) is 37.6 Å². The topological polar surface area (TPSA) is 51.2 Å². The van der Waals surface area contributed by atoms with Gasteiger partial charge < -0.3 is 10.1 Å². The van der Waals surface area contributed by atoms with Gasteiger partial charge in [-0.15, -0.1) is 0 Å². The summed E-state index contributed by atoms with van der Waals surface area (Å²) in [6, 6.07) is 15.4. The maximum Gasteiger partial charge on any atom is 0.223 e. The predicted octanol–water partition coefficient (Wildman–Crippen LogP) is 3.21. The highest BCUT2D eigenvalue weighted by Gasteiger charge is 2.25. The highest BCUT2D eigenvalue weighted by atomic mass is 16.5. The summed E-state index contributed by atoms with van der Waals surface area (Å²) in [5, 5.41) is 3.03. The fraction of sp³-hybridized carbons (Fsp3) is 0.333. The summed E-state index contributed by atoms with van der Waals surface area (Å²) in [6.45, 7) is 3.88. The third-order valence-corrected chi connectivity index (χ3v) is 3.58. The summed E-state index contributed by atoms with van der Waals surface area (Å²) in [7, 11) is 1.62. The SMILES string of the molecule is COC(CC(=O)NC(C)(C)c1ccccn1)c1ccccc1. The first kappa shape index (κ1) is 16.2. The summed E-state index contributed by atoms with van der Waals surface area (Å²) < 4.78 is 5.45. The van der Waals surface area contributed by atoms with Crippen LogP contribution in [0.4, 0.5) is 0 Å². The van der Waals surface area contributed by atoms with E-state index in [1.807, 2.05) is 62.4 Å². The molecule has 2 rings (SSSR count). The number of amides is 1. The van der Waals surface area contributed by atoms with E-state index in [2.05, 4.69) is 10.3 Å². The van der Waals surface area contributed by atoms with Crippen molar-refractivity contribution in [3.05, 3.63) is 66.0 Å². The monoisotopic (exact) mass is 298 g/mol. The van der Waals surface area contributed by atoms with Gasteiger partial charge in [0.2, 0.25) is 5.91 Å². The number of ether oxygens (including phenoxy) is 1. The maximum atomic E-state index is 12.4. The number of pyridine rings is 1. The van der Waals surface area contributed by atoms with Crippen LogP contribution in [-0.4, -0.2) is 18.0 Å². The van der Waals surface area contributed by atoms with E-state index in [0.717, 1.165) is 11.3 Å². The minimum atomic E-state index is -0.521. The van der Waals surface area contributed by atoms with Crippen molar-refractivity contribution >= 4 is 5.91 Å². The van der Waals surface area contributed by atoms with Gasteiger partial charge in [-0.3, -0.25) is 9.78 Å². The number of aromatic nitrogens is 1. The van der Waals surface area contributed by atoms with Crippen LogP contribution in [-0.2, 0) is 15.1 Å². The van der Waals surface area contributed by atoms with E-state index in [0.29, 0.717) is 0 Å². The first-order valence-corrected chi connectivity index (χ1v) is 7.33. The lowest BCUT2D eigenvalue weighted by Gasteiger charge is -2.26. The lowest BCUT2D eigenvalue weighted by atomic mass is 9.98. The Kier molecular flexibility index (Phi) is 5.28. The molecular formula is C18H22N2O2. The predicted molar refractivity (Wildman–Crippen MR) is 86.2 cm³/mol. The second-order valence-electron chi connectivity index (χ2n) is 5.73. The Bertz CT molecular complexity index is 597. The molecule has 0 aliphatic carbocycles. The van der Waals surface area contributed by atoms with Crippen molar-refractivity contribution in [1.29, 1.82) is 0 Å². The van der Waals surface area contributed by atoms with Crippen LogP contribution in [0, 0.1) is 0 Å². The molecule has 1 atom stereocenters. The van der Waals surface area contributed by atoms with E-state index in [-0.39, 0.29) is 18.4 Å². The number of hydrogen-bond acceptors (Lipinski definition) is 3. The van der Waals surface area contributed by atoms with E-state index < -0.39 is 5.54 Å². The summed E-state index contributed by atoms with van der Waals surface area (Å²) in [5.74, 6) is -0.0636. The quantitative estimate of drug-likeness (QED) is 0.891. The van der Waals surface area contributed by atoms with Crippen LogP contribution in [0.5, 0.6) is 0 Å². The molecule has 0 radical (unpaired) electrons. The van der Waals surface area contributed by atoms with Crippen LogP contribution in [0.15, 0.2) is 54.7 Å². The summed E-state index contributed by atoms with van der Waals surface area (Å²) in [5.41, 5.74) is 1.31. The van der Waals surface area contributed by atoms with E-state index in [9.17, 15) is 4.79 Å². The fourth-order valence-corrected chi connectivity index (χ4v) is 2.37. The smallest absolute Gasteiger partial charge is 0.223 e. The van der Waals surface area contributed by atoms with Gasteiger partial charge in [-0.2, -0.15) is 0 Å². The number of rotatable bonds is 6. The molecule has 116 valence electrons. The van der Waals surface area contributed by atoms with Gasteiger partial charge in [-0.05, 0) is 31.5 Å². The molecule has 0 saturated carbocycles. The zero-order chi connectivity index (χ0) is 16.0. The van der Waals surface area contributed by atoms with Crippen LogP contribution in [0.25, 0.3) is 0 Å². The molecule has 0 spiro atoms. The summed E-state index contributed by atoms with van der Waals surface area (Å²) in [4.78, 5) is 16.7. The first-order valence-electron chi connectivity index (χ1n) is 7.33. The third kappa shape index (κ3) is 4.15. The van der Waals surface area contributed by atoms with E-state index in [1.165, 1.54) is 0 Å². The summed E-state index contributed by atoms with van der Waals surface area (Å²) in [6.07, 6.45) is 1.75. The molecule has 1 heterocycles. The number of nitrogens with zero attached hydrogens (tertiary/aromatic N) is 1. The molecule has 1 amide bonds. The van der Waals surface area contributed by atoms with Gasteiger partial charge in [0, 0.05) is 13.3 Å². The third-order valence-electron chi connectivity index (χ3n) is 3.58. The van der Waals surface area contributed by atoms with Crippen molar-refractivity contribution in [1.82, 2.24) is 10.3 Å². The minimum Gasteiger partial charge on any atom is -0.376 e. The molecule has 2 aromatic rings. The normalized spacial score (nSPS) is 12.7. The Labute approximate surface area is 131 Å². The number of hydrogen-bond donors (Lipinski definition) is 1. The van der Waals surface area contributed by atoms with Crippen molar-refractivity contribution in [2.75, 3.05) is 7.11 Å². The van der Waals surface area contributed by atoms with Gasteiger partial charge in [0.15, 0.2) is 0 Å². The minimum absolute atomic E-state index is 0.0636. The Morgan fingerprint density at radius 3 is 2.45 bits per heavy atom. The highest BCUT2D eigenvalue weighted by molar-refractivity contribution is 5.77. The van der Waals surface area contributed by atoms with Gasteiger partial charge >= 0.3 is 0 Å². The average molecular weight is 298 g/mol. The second kappa shape index (κ2) is 7.18. The zero-order valence-electron chi connectivity index (χ0n) is 13.2. The van der Waals surface area contributed by atoms with Gasteiger partial charge in [0.25, 0.3) is 0 Å². The molecular weight excluding hydrogens is 276 g/mol. The molecule has 0 fully saturated rings. The van der Waals surface area contributed by atoms with Crippen molar-refractivity contribution in [3.8, 4) is 0 Å². The molecule has 1 unspecified atom stereocenters. The average Bonchev–Trinajstić information content (AvgIpc) is 2.54. The number of methoxy groups -OCH3 is 1. The number of carbonyl (C=O) groups is 1. The summed E-state index contributed by atoms with van der Waals surface area (Å²) >= 11 is 0. The molecule has 0 saturated heterocycles. The van der Waals surface area contributed by atoms with Crippen molar-refractivity contribution in [2.24, 2.45) is 0 Å². The Morgan fingerprint density at radius 1 is 1.18 bits per heavy atom. The van der Waals surface area contributed by atoms with Gasteiger partial charge in [0.05, 0.1) is 23.8 Å². The molecule has 4 nitrogen and oxygen atoms in total. The van der Waals surface area contributed by atoms with Crippen molar-refractivity contribution < 1.29 is 9.53 Å². The maximum absolute atomic E-state index is 12.4.